The molecule has 20 heavy (non-hydrogen) atoms. The van der Waals surface area contributed by atoms with E-state index in [-0.39, 0.29) is 0 Å². The average molecular weight is 281 g/mol. The molecule has 1 aromatic carbocycles. The molecule has 0 radical (unpaired) electrons. The molecule has 2 unspecified atom stereocenters. The highest BCUT2D eigenvalue weighted by Crippen LogP contribution is 2.20. The minimum atomic E-state index is -0.820. The van der Waals surface area contributed by atoms with Gasteiger partial charge in [-0.1, -0.05) is 26.0 Å². The van der Waals surface area contributed by atoms with Crippen molar-refractivity contribution in [1.82, 2.24) is 4.90 Å². The maximum Gasteiger partial charge on any atom is 0.307 e. The standard InChI is InChI=1S/C15H23NO4/c1-4-16(9-11(2)15(18)19)10-14(17)12-6-5-7-13(8-12)20-3/h5-8,11,14,17H,4,9-10H2,1-3H3,(H,18,19). The molecule has 0 aliphatic rings. The van der Waals surface area contributed by atoms with E-state index in [0.29, 0.717) is 25.4 Å². The van der Waals surface area contributed by atoms with Crippen LogP contribution in [0.4, 0.5) is 0 Å². The van der Waals surface area contributed by atoms with E-state index < -0.39 is 18.0 Å². The number of aliphatic hydroxyl groups excluding tert-OH is 1. The largest absolute Gasteiger partial charge is 0.497 e. The number of hydrogen-bond donors (Lipinski definition) is 2. The summed E-state index contributed by atoms with van der Waals surface area (Å²) in [5.41, 5.74) is 0.769. The first kappa shape index (κ1) is 16.5. The van der Waals surface area contributed by atoms with Crippen LogP contribution >= 0.6 is 0 Å². The van der Waals surface area contributed by atoms with Gasteiger partial charge < -0.3 is 14.9 Å². The Morgan fingerprint density at radius 2 is 2.10 bits per heavy atom. The van der Waals surface area contributed by atoms with Crippen molar-refractivity contribution in [3.8, 4) is 5.75 Å². The van der Waals surface area contributed by atoms with Gasteiger partial charge in [0.1, 0.15) is 5.75 Å². The Balaban J connectivity index is 2.66. The van der Waals surface area contributed by atoms with Crippen LogP contribution in [0.25, 0.3) is 0 Å². The second kappa shape index (κ2) is 7.87. The van der Waals surface area contributed by atoms with Gasteiger partial charge in [-0.05, 0) is 24.2 Å². The molecule has 0 spiro atoms. The predicted molar refractivity (Wildman–Crippen MR) is 76.9 cm³/mol. The highest BCUT2D eigenvalue weighted by atomic mass is 16.5. The van der Waals surface area contributed by atoms with E-state index in [1.165, 1.54) is 0 Å². The number of aliphatic hydroxyl groups is 1. The molecular weight excluding hydrogens is 258 g/mol. The Labute approximate surface area is 119 Å². The summed E-state index contributed by atoms with van der Waals surface area (Å²) in [6.07, 6.45) is -0.661. The van der Waals surface area contributed by atoms with Gasteiger partial charge in [-0.15, -0.1) is 0 Å². The van der Waals surface area contributed by atoms with Gasteiger partial charge in [-0.2, -0.15) is 0 Å². The normalized spacial score (nSPS) is 14.1. The third kappa shape index (κ3) is 4.83. The number of hydrogen-bond acceptors (Lipinski definition) is 4. The Bertz CT molecular complexity index is 436. The molecule has 0 bridgehead atoms. The maximum atomic E-state index is 10.9. The van der Waals surface area contributed by atoms with Gasteiger partial charge in [-0.3, -0.25) is 9.69 Å². The molecule has 1 aromatic rings. The lowest BCUT2D eigenvalue weighted by molar-refractivity contribution is -0.141. The lowest BCUT2D eigenvalue weighted by Gasteiger charge is -2.25. The van der Waals surface area contributed by atoms with E-state index in [4.69, 9.17) is 9.84 Å². The summed E-state index contributed by atoms with van der Waals surface area (Å²) in [6, 6.07) is 7.27. The molecule has 0 saturated heterocycles. The number of carbonyl (C=O) groups is 1. The molecule has 112 valence electrons. The van der Waals surface area contributed by atoms with Crippen LogP contribution in [0.1, 0.15) is 25.5 Å². The van der Waals surface area contributed by atoms with Crippen molar-refractivity contribution in [3.05, 3.63) is 29.8 Å². The summed E-state index contributed by atoms with van der Waals surface area (Å²) in [5, 5.41) is 19.2. The van der Waals surface area contributed by atoms with E-state index in [0.717, 1.165) is 5.56 Å². The second-order valence-corrected chi connectivity index (χ2v) is 4.88. The molecule has 0 fully saturated rings. The Morgan fingerprint density at radius 3 is 2.65 bits per heavy atom. The molecule has 0 aliphatic heterocycles. The van der Waals surface area contributed by atoms with Crippen molar-refractivity contribution in [3.63, 3.8) is 0 Å². The van der Waals surface area contributed by atoms with Crippen LogP contribution in [0.3, 0.4) is 0 Å². The summed E-state index contributed by atoms with van der Waals surface area (Å²) in [6.45, 7) is 5.14. The first-order valence-corrected chi connectivity index (χ1v) is 6.75. The van der Waals surface area contributed by atoms with Crippen LogP contribution in [-0.4, -0.2) is 47.8 Å². The topological polar surface area (TPSA) is 70.0 Å². The van der Waals surface area contributed by atoms with Gasteiger partial charge in [0.25, 0.3) is 0 Å². The lowest BCUT2D eigenvalue weighted by Crippen LogP contribution is -2.34. The van der Waals surface area contributed by atoms with Crippen LogP contribution in [0.2, 0.25) is 0 Å². The van der Waals surface area contributed by atoms with E-state index in [9.17, 15) is 9.90 Å². The summed E-state index contributed by atoms with van der Waals surface area (Å²) in [4.78, 5) is 12.8. The van der Waals surface area contributed by atoms with Crippen molar-refractivity contribution in [2.24, 2.45) is 5.92 Å². The third-order valence-corrected chi connectivity index (χ3v) is 3.31. The molecule has 1 rings (SSSR count). The fourth-order valence-corrected chi connectivity index (χ4v) is 2.00. The molecule has 2 N–H and O–H groups in total. The fraction of sp³-hybridized carbons (Fsp3) is 0.533. The Kier molecular flexibility index (Phi) is 6.48. The fourth-order valence-electron chi connectivity index (χ4n) is 2.00. The number of methoxy groups -OCH3 is 1. The van der Waals surface area contributed by atoms with Gasteiger partial charge in [0, 0.05) is 13.1 Å². The minimum absolute atomic E-state index is 0.404. The Morgan fingerprint density at radius 1 is 1.40 bits per heavy atom. The van der Waals surface area contributed by atoms with Crippen molar-refractivity contribution in [2.45, 2.75) is 20.0 Å². The van der Waals surface area contributed by atoms with Gasteiger partial charge in [-0.25, -0.2) is 0 Å². The van der Waals surface area contributed by atoms with Crippen molar-refractivity contribution >= 4 is 5.97 Å². The summed E-state index contributed by atoms with van der Waals surface area (Å²) in [7, 11) is 1.58. The number of aliphatic carboxylic acids is 1. The molecule has 0 amide bonds. The number of benzene rings is 1. The van der Waals surface area contributed by atoms with Gasteiger partial charge in [0.05, 0.1) is 19.1 Å². The minimum Gasteiger partial charge on any atom is -0.497 e. The zero-order valence-electron chi connectivity index (χ0n) is 12.2. The molecule has 2 atom stereocenters. The SMILES string of the molecule is CCN(CC(C)C(=O)O)CC(O)c1cccc(OC)c1. The van der Waals surface area contributed by atoms with Crippen LogP contribution in [0.5, 0.6) is 5.75 Å². The van der Waals surface area contributed by atoms with Gasteiger partial charge in [0.15, 0.2) is 0 Å². The molecule has 0 saturated carbocycles. The summed E-state index contributed by atoms with van der Waals surface area (Å²) < 4.78 is 5.13. The van der Waals surface area contributed by atoms with Gasteiger partial charge in [0.2, 0.25) is 0 Å². The number of rotatable bonds is 8. The number of ether oxygens (including phenoxy) is 1. The first-order chi connectivity index (χ1) is 9.47. The molecule has 5 nitrogen and oxygen atoms in total. The van der Waals surface area contributed by atoms with Crippen molar-refractivity contribution in [1.29, 1.82) is 0 Å². The molecule has 5 heteroatoms. The van der Waals surface area contributed by atoms with Crippen molar-refractivity contribution < 1.29 is 19.7 Å². The zero-order chi connectivity index (χ0) is 15.1. The van der Waals surface area contributed by atoms with Crippen LogP contribution in [-0.2, 0) is 4.79 Å². The monoisotopic (exact) mass is 281 g/mol. The van der Waals surface area contributed by atoms with Crippen LogP contribution < -0.4 is 4.74 Å². The Hall–Kier alpha value is -1.59. The quantitative estimate of drug-likeness (QED) is 0.760. The number of likely N-dealkylation sites (N-methyl/N-ethyl adjacent to an activating group) is 1. The van der Waals surface area contributed by atoms with E-state index in [2.05, 4.69) is 0 Å². The van der Waals surface area contributed by atoms with Gasteiger partial charge >= 0.3 is 5.97 Å². The molecule has 0 aromatic heterocycles. The third-order valence-electron chi connectivity index (χ3n) is 3.31. The van der Waals surface area contributed by atoms with Crippen LogP contribution in [0.15, 0.2) is 24.3 Å². The summed E-state index contributed by atoms with van der Waals surface area (Å²) in [5.74, 6) is -0.574. The first-order valence-electron chi connectivity index (χ1n) is 6.75. The van der Waals surface area contributed by atoms with E-state index in [1.807, 2.05) is 30.0 Å². The van der Waals surface area contributed by atoms with Crippen molar-refractivity contribution in [2.75, 3.05) is 26.7 Å². The smallest absolute Gasteiger partial charge is 0.307 e. The number of carboxylic acid groups (broad SMARTS) is 1. The zero-order valence-corrected chi connectivity index (χ0v) is 12.2. The van der Waals surface area contributed by atoms with E-state index >= 15 is 0 Å². The van der Waals surface area contributed by atoms with E-state index in [1.54, 1.807) is 20.1 Å². The maximum absolute atomic E-state index is 10.9. The lowest BCUT2D eigenvalue weighted by atomic mass is 10.1. The summed E-state index contributed by atoms with van der Waals surface area (Å²) >= 11 is 0. The number of carboxylic acids is 1. The molecule has 0 aliphatic carbocycles. The predicted octanol–water partition coefficient (Wildman–Crippen LogP) is 1.77. The highest BCUT2D eigenvalue weighted by Gasteiger charge is 2.18. The average Bonchev–Trinajstić information content (AvgIpc) is 2.46. The van der Waals surface area contributed by atoms with Crippen LogP contribution in [0, 0.1) is 5.92 Å². The highest BCUT2D eigenvalue weighted by molar-refractivity contribution is 5.69. The molecular formula is C15H23NO4. The second-order valence-electron chi connectivity index (χ2n) is 4.88. The number of nitrogens with zero attached hydrogens (tertiary/aromatic N) is 1. The molecule has 0 heterocycles.